The largest absolute Gasteiger partial charge is 0.449 e. The zero-order chi connectivity index (χ0) is 24.3. The van der Waals surface area contributed by atoms with Crippen LogP contribution in [0, 0.1) is 0 Å². The first kappa shape index (κ1) is 23.5. The first-order valence-electron chi connectivity index (χ1n) is 11.1. The summed E-state index contributed by atoms with van der Waals surface area (Å²) >= 11 is 0. The molecule has 0 aliphatic carbocycles. The van der Waals surface area contributed by atoms with Crippen LogP contribution in [0.25, 0.3) is 0 Å². The van der Waals surface area contributed by atoms with E-state index >= 15 is 0 Å². The van der Waals surface area contributed by atoms with Crippen molar-refractivity contribution < 1.29 is 22.7 Å². The van der Waals surface area contributed by atoms with E-state index in [0.29, 0.717) is 30.9 Å². The standard InChI is InChI=1S/C26H26N2O5S/c1-3-27(22-12-5-4-6-13-22)25(29)19(2)33-26(30)21-11-9-14-23(18-21)34(31,32)28-17-16-20-10-7-8-15-24(20)28/h4-15,18-19H,3,16-17H2,1-2H3/t19-/m0/s1. The second-order valence-electron chi connectivity index (χ2n) is 7.95. The van der Waals surface area contributed by atoms with Gasteiger partial charge in [0.25, 0.3) is 15.9 Å². The normalized spacial score (nSPS) is 13.8. The Balaban J connectivity index is 1.51. The van der Waals surface area contributed by atoms with Crippen molar-refractivity contribution in [2.45, 2.75) is 31.3 Å². The predicted molar refractivity (Wildman–Crippen MR) is 130 cm³/mol. The van der Waals surface area contributed by atoms with Gasteiger partial charge in [0, 0.05) is 18.8 Å². The maximum absolute atomic E-state index is 13.3. The number of likely N-dealkylation sites (N-methyl/N-ethyl adjacent to an activating group) is 1. The maximum atomic E-state index is 13.3. The van der Waals surface area contributed by atoms with Crippen molar-refractivity contribution in [2.75, 3.05) is 22.3 Å². The van der Waals surface area contributed by atoms with Crippen molar-refractivity contribution in [1.29, 1.82) is 0 Å². The van der Waals surface area contributed by atoms with Crippen LogP contribution in [-0.4, -0.2) is 39.5 Å². The Bertz CT molecular complexity index is 1310. The number of carbonyl (C=O) groups excluding carboxylic acids is 2. The van der Waals surface area contributed by atoms with Crippen molar-refractivity contribution in [2.24, 2.45) is 0 Å². The summed E-state index contributed by atoms with van der Waals surface area (Å²) in [6.07, 6.45) is -0.412. The molecule has 0 N–H and O–H groups in total. The van der Waals surface area contributed by atoms with Gasteiger partial charge in [-0.1, -0.05) is 42.5 Å². The van der Waals surface area contributed by atoms with Crippen LogP contribution in [0.4, 0.5) is 11.4 Å². The monoisotopic (exact) mass is 478 g/mol. The van der Waals surface area contributed by atoms with Gasteiger partial charge in [-0.2, -0.15) is 0 Å². The number of hydrogen-bond acceptors (Lipinski definition) is 5. The molecule has 0 bridgehead atoms. The van der Waals surface area contributed by atoms with E-state index in [4.69, 9.17) is 4.74 Å². The van der Waals surface area contributed by atoms with Crippen molar-refractivity contribution in [3.8, 4) is 0 Å². The summed E-state index contributed by atoms with van der Waals surface area (Å²) in [4.78, 5) is 27.2. The fourth-order valence-corrected chi connectivity index (χ4v) is 5.59. The van der Waals surface area contributed by atoms with Gasteiger partial charge < -0.3 is 9.64 Å². The summed E-state index contributed by atoms with van der Waals surface area (Å²) in [7, 11) is -3.86. The minimum Gasteiger partial charge on any atom is -0.449 e. The average Bonchev–Trinajstić information content (AvgIpc) is 3.30. The molecule has 8 heteroatoms. The highest BCUT2D eigenvalue weighted by Gasteiger charge is 2.31. The number of rotatable bonds is 7. The number of para-hydroxylation sites is 2. The molecule has 1 amide bonds. The zero-order valence-corrected chi connectivity index (χ0v) is 19.9. The molecule has 176 valence electrons. The Kier molecular flexibility index (Phi) is 6.70. The Morgan fingerprint density at radius 1 is 1.00 bits per heavy atom. The van der Waals surface area contributed by atoms with E-state index in [0.717, 1.165) is 5.56 Å². The molecule has 0 unspecified atom stereocenters. The second-order valence-corrected chi connectivity index (χ2v) is 9.81. The van der Waals surface area contributed by atoms with Gasteiger partial charge in [-0.3, -0.25) is 9.10 Å². The van der Waals surface area contributed by atoms with Gasteiger partial charge in [-0.15, -0.1) is 0 Å². The fourth-order valence-electron chi connectivity index (χ4n) is 4.04. The molecule has 0 radical (unpaired) electrons. The lowest BCUT2D eigenvalue weighted by Gasteiger charge is -2.24. The fraction of sp³-hybridized carbons (Fsp3) is 0.231. The average molecular weight is 479 g/mol. The van der Waals surface area contributed by atoms with E-state index in [-0.39, 0.29) is 16.4 Å². The van der Waals surface area contributed by atoms with Crippen LogP contribution in [0.3, 0.4) is 0 Å². The topological polar surface area (TPSA) is 84.0 Å². The Morgan fingerprint density at radius 3 is 2.44 bits per heavy atom. The minimum atomic E-state index is -3.86. The van der Waals surface area contributed by atoms with Crippen LogP contribution < -0.4 is 9.21 Å². The summed E-state index contributed by atoms with van der Waals surface area (Å²) < 4.78 is 33.4. The number of hydrogen-bond donors (Lipinski definition) is 0. The van der Waals surface area contributed by atoms with Crippen LogP contribution in [-0.2, 0) is 26.0 Å². The Hall–Kier alpha value is -3.65. The van der Waals surface area contributed by atoms with Crippen LogP contribution in [0.2, 0.25) is 0 Å². The summed E-state index contributed by atoms with van der Waals surface area (Å²) in [5.41, 5.74) is 2.39. The molecule has 0 saturated carbocycles. The Labute approximate surface area is 199 Å². The van der Waals surface area contributed by atoms with Crippen molar-refractivity contribution in [1.82, 2.24) is 0 Å². The number of carbonyl (C=O) groups is 2. The number of amides is 1. The smallest absolute Gasteiger partial charge is 0.338 e. The molecule has 7 nitrogen and oxygen atoms in total. The van der Waals surface area contributed by atoms with E-state index in [2.05, 4.69) is 0 Å². The second kappa shape index (κ2) is 9.69. The van der Waals surface area contributed by atoms with Crippen LogP contribution in [0.15, 0.2) is 83.8 Å². The van der Waals surface area contributed by atoms with Gasteiger partial charge in [0.2, 0.25) is 0 Å². The number of fused-ring (bicyclic) bond motifs is 1. The van der Waals surface area contributed by atoms with Gasteiger partial charge >= 0.3 is 5.97 Å². The zero-order valence-electron chi connectivity index (χ0n) is 19.0. The van der Waals surface area contributed by atoms with E-state index in [1.165, 1.54) is 40.4 Å². The highest BCUT2D eigenvalue weighted by Crippen LogP contribution is 2.32. The molecule has 0 saturated heterocycles. The molecule has 1 atom stereocenters. The number of ether oxygens (including phenoxy) is 1. The summed E-state index contributed by atoms with van der Waals surface area (Å²) in [5.74, 6) is -1.12. The first-order valence-corrected chi connectivity index (χ1v) is 12.5. The highest BCUT2D eigenvalue weighted by atomic mass is 32.2. The lowest BCUT2D eigenvalue weighted by Crippen LogP contribution is -2.40. The Morgan fingerprint density at radius 2 is 1.71 bits per heavy atom. The molecule has 3 aromatic carbocycles. The number of esters is 1. The molecular weight excluding hydrogens is 452 g/mol. The van der Waals surface area contributed by atoms with Crippen molar-refractivity contribution in [3.63, 3.8) is 0 Å². The van der Waals surface area contributed by atoms with E-state index in [1.807, 2.05) is 37.3 Å². The van der Waals surface area contributed by atoms with Crippen LogP contribution in [0.5, 0.6) is 0 Å². The molecule has 1 aliphatic heterocycles. The third-order valence-corrected chi connectivity index (χ3v) is 7.59. The summed E-state index contributed by atoms with van der Waals surface area (Å²) in [6.45, 7) is 4.10. The number of sulfonamides is 1. The minimum absolute atomic E-state index is 0.00268. The van der Waals surface area contributed by atoms with Crippen molar-refractivity contribution in [3.05, 3.63) is 90.0 Å². The maximum Gasteiger partial charge on any atom is 0.338 e. The molecule has 4 rings (SSSR count). The van der Waals surface area contributed by atoms with E-state index in [1.54, 1.807) is 24.3 Å². The summed E-state index contributed by atoms with van der Waals surface area (Å²) in [6, 6.07) is 22.2. The van der Waals surface area contributed by atoms with Crippen LogP contribution >= 0.6 is 0 Å². The molecule has 1 aliphatic rings. The molecule has 0 aromatic heterocycles. The number of benzene rings is 3. The SMILES string of the molecule is CCN(C(=O)[C@H](C)OC(=O)c1cccc(S(=O)(=O)N2CCc3ccccc32)c1)c1ccccc1. The molecule has 3 aromatic rings. The first-order chi connectivity index (χ1) is 16.3. The highest BCUT2D eigenvalue weighted by molar-refractivity contribution is 7.92. The molecule has 1 heterocycles. The molecule has 0 spiro atoms. The van der Waals surface area contributed by atoms with E-state index in [9.17, 15) is 18.0 Å². The predicted octanol–water partition coefficient (Wildman–Crippen LogP) is 4.04. The number of nitrogens with zero attached hydrogens (tertiary/aromatic N) is 2. The van der Waals surface area contributed by atoms with Crippen LogP contribution in [0.1, 0.15) is 29.8 Å². The number of anilines is 2. The lowest BCUT2D eigenvalue weighted by atomic mass is 10.2. The van der Waals surface area contributed by atoms with Gasteiger partial charge in [-0.25, -0.2) is 13.2 Å². The third kappa shape index (κ3) is 4.54. The lowest BCUT2D eigenvalue weighted by molar-refractivity contribution is -0.126. The molecule has 34 heavy (non-hydrogen) atoms. The quantitative estimate of drug-likeness (QED) is 0.479. The third-order valence-electron chi connectivity index (χ3n) is 5.78. The molecule has 0 fully saturated rings. The van der Waals surface area contributed by atoms with E-state index < -0.39 is 22.1 Å². The summed E-state index contributed by atoms with van der Waals surface area (Å²) in [5, 5.41) is 0. The van der Waals surface area contributed by atoms with Gasteiger partial charge in [0.15, 0.2) is 6.10 Å². The van der Waals surface area contributed by atoms with Gasteiger partial charge in [0.05, 0.1) is 16.1 Å². The molecular formula is C26H26N2O5S. The van der Waals surface area contributed by atoms with Gasteiger partial charge in [-0.05, 0) is 62.2 Å². The van der Waals surface area contributed by atoms with Crippen molar-refractivity contribution >= 4 is 33.3 Å². The van der Waals surface area contributed by atoms with Gasteiger partial charge in [0.1, 0.15) is 0 Å².